The quantitative estimate of drug-likeness (QED) is 0.852. The lowest BCUT2D eigenvalue weighted by Crippen LogP contribution is -2.05. The number of hydrogen-bond acceptors (Lipinski definition) is 3. The molecular formula is C13H17BrO3. The second kappa shape index (κ2) is 5.27. The Morgan fingerprint density at radius 3 is 2.71 bits per heavy atom. The maximum Gasteiger partial charge on any atom is 0.139 e. The lowest BCUT2D eigenvalue weighted by atomic mass is 9.98. The minimum absolute atomic E-state index is 0.464. The van der Waals surface area contributed by atoms with Gasteiger partial charge in [0.05, 0.1) is 24.8 Å². The molecule has 4 heteroatoms. The van der Waals surface area contributed by atoms with Crippen molar-refractivity contribution in [1.82, 2.24) is 0 Å². The molecule has 1 aromatic rings. The van der Waals surface area contributed by atoms with Crippen molar-refractivity contribution >= 4 is 15.9 Å². The molecule has 2 rings (SSSR count). The van der Waals surface area contributed by atoms with Crippen molar-refractivity contribution in [2.45, 2.75) is 31.8 Å². The first-order valence-electron chi connectivity index (χ1n) is 5.80. The topological polar surface area (TPSA) is 38.7 Å². The summed E-state index contributed by atoms with van der Waals surface area (Å²) in [5.41, 5.74) is 1.97. The zero-order valence-corrected chi connectivity index (χ0v) is 11.7. The minimum atomic E-state index is -0.464. The van der Waals surface area contributed by atoms with Gasteiger partial charge >= 0.3 is 0 Å². The van der Waals surface area contributed by atoms with Crippen LogP contribution in [0.25, 0.3) is 0 Å². The lowest BCUT2D eigenvalue weighted by Gasteiger charge is -2.20. The van der Waals surface area contributed by atoms with Crippen LogP contribution in [-0.2, 0) is 6.42 Å². The van der Waals surface area contributed by atoms with Crippen LogP contribution in [0.1, 0.15) is 36.5 Å². The van der Waals surface area contributed by atoms with Crippen molar-refractivity contribution in [2.75, 3.05) is 14.2 Å². The van der Waals surface area contributed by atoms with E-state index < -0.39 is 6.10 Å². The van der Waals surface area contributed by atoms with Gasteiger partial charge in [0.25, 0.3) is 0 Å². The zero-order valence-electron chi connectivity index (χ0n) is 10.1. The van der Waals surface area contributed by atoms with Gasteiger partial charge in [0.2, 0.25) is 0 Å². The molecule has 0 radical (unpaired) electrons. The van der Waals surface area contributed by atoms with Crippen molar-refractivity contribution in [1.29, 1.82) is 0 Å². The van der Waals surface area contributed by atoms with E-state index in [9.17, 15) is 5.11 Å². The van der Waals surface area contributed by atoms with Crippen molar-refractivity contribution in [3.05, 3.63) is 21.7 Å². The van der Waals surface area contributed by atoms with Crippen LogP contribution in [0.5, 0.6) is 11.5 Å². The highest BCUT2D eigenvalue weighted by Crippen LogP contribution is 2.44. The van der Waals surface area contributed by atoms with Crippen LogP contribution >= 0.6 is 15.9 Å². The van der Waals surface area contributed by atoms with Crippen molar-refractivity contribution in [3.63, 3.8) is 0 Å². The number of ether oxygens (including phenoxy) is 2. The highest BCUT2D eigenvalue weighted by atomic mass is 79.9. The highest BCUT2D eigenvalue weighted by molar-refractivity contribution is 9.10. The van der Waals surface area contributed by atoms with E-state index in [4.69, 9.17) is 9.47 Å². The minimum Gasteiger partial charge on any atom is -0.496 e. The van der Waals surface area contributed by atoms with E-state index in [1.54, 1.807) is 14.2 Å². The molecule has 0 heterocycles. The lowest BCUT2D eigenvalue weighted by molar-refractivity contribution is 0.162. The molecule has 94 valence electrons. The van der Waals surface area contributed by atoms with Crippen LogP contribution in [0.15, 0.2) is 10.5 Å². The second-order valence-corrected chi connectivity index (χ2v) is 5.10. The fourth-order valence-corrected chi connectivity index (χ4v) is 3.03. The van der Waals surface area contributed by atoms with Gasteiger partial charge in [0.1, 0.15) is 11.5 Å². The SMILES string of the molecule is COc1cc(Br)c(OC)c2c1CCCC[C@@H]2O. The van der Waals surface area contributed by atoms with Gasteiger partial charge in [0.15, 0.2) is 0 Å². The Morgan fingerprint density at radius 2 is 2.06 bits per heavy atom. The Kier molecular flexibility index (Phi) is 3.94. The van der Waals surface area contributed by atoms with Crippen LogP contribution in [0, 0.1) is 0 Å². The Balaban J connectivity index is 2.65. The average molecular weight is 301 g/mol. The number of halogens is 1. The van der Waals surface area contributed by atoms with Crippen molar-refractivity contribution in [2.24, 2.45) is 0 Å². The molecule has 3 nitrogen and oxygen atoms in total. The van der Waals surface area contributed by atoms with Gasteiger partial charge in [-0.15, -0.1) is 0 Å². The summed E-state index contributed by atoms with van der Waals surface area (Å²) in [5, 5.41) is 10.2. The van der Waals surface area contributed by atoms with Gasteiger partial charge in [0, 0.05) is 11.1 Å². The van der Waals surface area contributed by atoms with Crippen LogP contribution in [0.4, 0.5) is 0 Å². The molecule has 0 aliphatic heterocycles. The summed E-state index contributed by atoms with van der Waals surface area (Å²) in [7, 11) is 3.29. The van der Waals surface area contributed by atoms with Crippen LogP contribution in [0.2, 0.25) is 0 Å². The van der Waals surface area contributed by atoms with Gasteiger partial charge in [-0.05, 0) is 41.3 Å². The third kappa shape index (κ3) is 2.29. The molecule has 1 atom stereocenters. The van der Waals surface area contributed by atoms with E-state index >= 15 is 0 Å². The molecule has 1 aromatic carbocycles. The summed E-state index contributed by atoms with van der Waals surface area (Å²) < 4.78 is 11.6. The first-order chi connectivity index (χ1) is 8.19. The number of fused-ring (bicyclic) bond motifs is 1. The second-order valence-electron chi connectivity index (χ2n) is 4.25. The molecule has 0 aromatic heterocycles. The summed E-state index contributed by atoms with van der Waals surface area (Å²) in [4.78, 5) is 0. The normalized spacial score (nSPS) is 19.4. The first-order valence-corrected chi connectivity index (χ1v) is 6.59. The smallest absolute Gasteiger partial charge is 0.139 e. The average Bonchev–Trinajstić information content (AvgIpc) is 2.51. The summed E-state index contributed by atoms with van der Waals surface area (Å²) in [5.74, 6) is 1.56. The molecule has 0 spiro atoms. The molecule has 0 saturated heterocycles. The molecule has 0 unspecified atom stereocenters. The Hall–Kier alpha value is -0.740. The van der Waals surface area contributed by atoms with E-state index in [1.165, 1.54) is 0 Å². The van der Waals surface area contributed by atoms with Crippen LogP contribution in [-0.4, -0.2) is 19.3 Å². The number of benzene rings is 1. The number of aliphatic hydroxyl groups excluding tert-OH is 1. The predicted octanol–water partition coefficient (Wildman–Crippen LogP) is 3.23. The summed E-state index contributed by atoms with van der Waals surface area (Å²) in [6.07, 6.45) is 3.35. The Morgan fingerprint density at radius 1 is 1.29 bits per heavy atom. The third-order valence-electron chi connectivity index (χ3n) is 3.25. The van der Waals surface area contributed by atoms with Crippen molar-refractivity contribution < 1.29 is 14.6 Å². The van der Waals surface area contributed by atoms with Crippen LogP contribution in [0.3, 0.4) is 0 Å². The summed E-state index contributed by atoms with van der Waals surface area (Å²) in [6.45, 7) is 0. The molecular weight excluding hydrogens is 284 g/mol. The molecule has 1 aliphatic carbocycles. The van der Waals surface area contributed by atoms with E-state index in [2.05, 4.69) is 15.9 Å². The Labute approximate surface area is 110 Å². The number of aliphatic hydroxyl groups is 1. The predicted molar refractivity (Wildman–Crippen MR) is 69.8 cm³/mol. The van der Waals surface area contributed by atoms with Crippen molar-refractivity contribution in [3.8, 4) is 11.5 Å². The standard InChI is InChI=1S/C13H17BrO3/c1-16-11-7-9(14)13(17-2)12-8(11)5-3-4-6-10(12)15/h7,10,15H,3-6H2,1-2H3/t10-/m0/s1. The van der Waals surface area contributed by atoms with Gasteiger partial charge < -0.3 is 14.6 Å². The molecule has 1 N–H and O–H groups in total. The van der Waals surface area contributed by atoms with E-state index in [0.717, 1.165) is 52.8 Å². The monoisotopic (exact) mass is 300 g/mol. The Bertz CT molecular complexity index is 418. The van der Waals surface area contributed by atoms with E-state index in [1.807, 2.05) is 6.07 Å². The number of methoxy groups -OCH3 is 2. The number of rotatable bonds is 2. The van der Waals surface area contributed by atoms with Gasteiger partial charge in [-0.3, -0.25) is 0 Å². The van der Waals surface area contributed by atoms with Gasteiger partial charge in [-0.1, -0.05) is 6.42 Å². The molecule has 17 heavy (non-hydrogen) atoms. The zero-order chi connectivity index (χ0) is 12.4. The fraction of sp³-hybridized carbons (Fsp3) is 0.538. The summed E-state index contributed by atoms with van der Waals surface area (Å²) >= 11 is 3.46. The largest absolute Gasteiger partial charge is 0.496 e. The van der Waals surface area contributed by atoms with Gasteiger partial charge in [-0.2, -0.15) is 0 Å². The third-order valence-corrected chi connectivity index (χ3v) is 3.84. The fourth-order valence-electron chi connectivity index (χ4n) is 2.45. The molecule has 0 fully saturated rings. The molecule has 1 aliphatic rings. The van der Waals surface area contributed by atoms with E-state index in [0.29, 0.717) is 0 Å². The maximum atomic E-state index is 10.2. The maximum absolute atomic E-state index is 10.2. The van der Waals surface area contributed by atoms with Crippen LogP contribution < -0.4 is 9.47 Å². The molecule has 0 amide bonds. The van der Waals surface area contributed by atoms with Gasteiger partial charge in [-0.25, -0.2) is 0 Å². The van der Waals surface area contributed by atoms with E-state index in [-0.39, 0.29) is 0 Å². The first kappa shape index (κ1) is 12.7. The molecule has 0 bridgehead atoms. The summed E-state index contributed by atoms with van der Waals surface area (Å²) in [6, 6.07) is 1.91. The number of hydrogen-bond donors (Lipinski definition) is 1. The molecule has 0 saturated carbocycles. The highest BCUT2D eigenvalue weighted by Gasteiger charge is 2.25.